The van der Waals surface area contributed by atoms with E-state index in [1.165, 1.54) is 22.7 Å². The first kappa shape index (κ1) is 25.4. The van der Waals surface area contributed by atoms with Gasteiger partial charge in [-0.3, -0.25) is 9.59 Å². The molecule has 0 aliphatic rings. The van der Waals surface area contributed by atoms with Crippen LogP contribution in [0.25, 0.3) is 0 Å². The van der Waals surface area contributed by atoms with E-state index in [1.807, 2.05) is 24.3 Å². The quantitative estimate of drug-likeness (QED) is 0.189. The van der Waals surface area contributed by atoms with Crippen molar-refractivity contribution < 1.29 is 9.59 Å². The number of nitrogens with one attached hydrogen (secondary N) is 1. The number of aryl methyl sites for hydroxylation is 2. The molecule has 36 heavy (non-hydrogen) atoms. The number of anilines is 3. The number of unbranched alkanes of at least 4 members (excludes halogenated alkanes) is 1. The van der Waals surface area contributed by atoms with Crippen LogP contribution in [0.15, 0.2) is 48.5 Å². The number of aromatic nitrogens is 4. The van der Waals surface area contributed by atoms with Gasteiger partial charge in [0, 0.05) is 30.6 Å². The topological polar surface area (TPSA) is 150 Å². The van der Waals surface area contributed by atoms with E-state index in [2.05, 4.69) is 25.7 Å². The number of hydrogen-bond acceptors (Lipinski definition) is 10. The molecular weight excluding hydrogens is 494 g/mol. The lowest BCUT2D eigenvalue weighted by Crippen LogP contribution is -2.14. The SMILES string of the molecule is Nc1ccc(CC(=O)Cc2nnc(CCCCc3nnc(NC(=O)Cc4ccc(N)cc4)s3)s2)cc1. The summed E-state index contributed by atoms with van der Waals surface area (Å²) in [6.07, 6.45) is 4.32. The van der Waals surface area contributed by atoms with Crippen LogP contribution in [-0.2, 0) is 41.7 Å². The predicted molar refractivity (Wildman–Crippen MR) is 143 cm³/mol. The molecule has 2 aromatic heterocycles. The highest BCUT2D eigenvalue weighted by Crippen LogP contribution is 2.19. The van der Waals surface area contributed by atoms with Crippen LogP contribution >= 0.6 is 22.7 Å². The van der Waals surface area contributed by atoms with E-state index in [0.29, 0.717) is 29.3 Å². The molecule has 0 unspecified atom stereocenters. The molecule has 0 aliphatic heterocycles. The van der Waals surface area contributed by atoms with Crippen molar-refractivity contribution in [3.8, 4) is 0 Å². The normalized spacial score (nSPS) is 10.9. The number of rotatable bonds is 12. The lowest BCUT2D eigenvalue weighted by Gasteiger charge is -2.02. The van der Waals surface area contributed by atoms with Crippen LogP contribution in [0.2, 0.25) is 0 Å². The summed E-state index contributed by atoms with van der Waals surface area (Å²) in [6, 6.07) is 14.6. The van der Waals surface area contributed by atoms with Gasteiger partial charge in [-0.2, -0.15) is 0 Å². The van der Waals surface area contributed by atoms with E-state index < -0.39 is 0 Å². The van der Waals surface area contributed by atoms with E-state index in [1.54, 1.807) is 24.3 Å². The van der Waals surface area contributed by atoms with Gasteiger partial charge in [0.25, 0.3) is 0 Å². The molecule has 0 spiro atoms. The Bertz CT molecular complexity index is 1200. The number of hydrogen-bond donors (Lipinski definition) is 3. The summed E-state index contributed by atoms with van der Waals surface area (Å²) in [6.45, 7) is 0. The number of amides is 1. The molecule has 0 saturated carbocycles. The Balaban J connectivity index is 1.15. The van der Waals surface area contributed by atoms with Gasteiger partial charge in [0.15, 0.2) is 0 Å². The summed E-state index contributed by atoms with van der Waals surface area (Å²) in [5.74, 6) is -0.0309. The van der Waals surface area contributed by atoms with Crippen molar-refractivity contribution in [1.82, 2.24) is 20.4 Å². The minimum absolute atomic E-state index is 0.107. The summed E-state index contributed by atoms with van der Waals surface area (Å²) < 4.78 is 0. The Kier molecular flexibility index (Phi) is 8.69. The van der Waals surface area contributed by atoms with E-state index in [-0.39, 0.29) is 18.1 Å². The second-order valence-electron chi connectivity index (χ2n) is 8.40. The van der Waals surface area contributed by atoms with Gasteiger partial charge in [-0.15, -0.1) is 31.7 Å². The lowest BCUT2D eigenvalue weighted by molar-refractivity contribution is -0.118. The molecule has 186 valence electrons. The minimum Gasteiger partial charge on any atom is -0.399 e. The van der Waals surface area contributed by atoms with Gasteiger partial charge in [-0.05, 0) is 48.2 Å². The summed E-state index contributed by atoms with van der Waals surface area (Å²) in [4.78, 5) is 24.6. The maximum absolute atomic E-state index is 12.3. The third-order valence-corrected chi connectivity index (χ3v) is 7.21. The number of carbonyl (C=O) groups excluding carboxylic acids is 2. The molecule has 1 amide bonds. The highest BCUT2D eigenvalue weighted by molar-refractivity contribution is 7.15. The number of nitrogens with zero attached hydrogens (tertiary/aromatic N) is 4. The molecule has 11 heteroatoms. The molecule has 4 aromatic rings. The van der Waals surface area contributed by atoms with Gasteiger partial charge in [0.2, 0.25) is 11.0 Å². The molecule has 0 radical (unpaired) electrons. The van der Waals surface area contributed by atoms with Gasteiger partial charge >= 0.3 is 0 Å². The number of nitrogen functional groups attached to an aromatic ring is 2. The highest BCUT2D eigenvalue weighted by Gasteiger charge is 2.12. The Morgan fingerprint density at radius 3 is 1.83 bits per heavy atom. The van der Waals surface area contributed by atoms with Crippen molar-refractivity contribution in [1.29, 1.82) is 0 Å². The fraction of sp³-hybridized carbons (Fsp3) is 0.280. The largest absolute Gasteiger partial charge is 0.399 e. The van der Waals surface area contributed by atoms with E-state index >= 15 is 0 Å². The maximum atomic E-state index is 12.3. The van der Waals surface area contributed by atoms with Crippen molar-refractivity contribution in [3.63, 3.8) is 0 Å². The number of Topliss-reactive ketones (excluding diaryl/α,β-unsaturated/α-hetero) is 1. The molecule has 0 bridgehead atoms. The molecule has 5 N–H and O–H groups in total. The average Bonchev–Trinajstić information content (AvgIpc) is 3.49. The van der Waals surface area contributed by atoms with Gasteiger partial charge in [-0.1, -0.05) is 35.6 Å². The van der Waals surface area contributed by atoms with Crippen LogP contribution in [0.5, 0.6) is 0 Å². The first-order chi connectivity index (χ1) is 17.4. The standard InChI is InChI=1S/C25H27N7O2S2/c26-18-9-5-16(6-10-18)13-20(33)15-24-31-29-22(35-24)3-1-2-4-23-30-32-25(36-23)28-21(34)14-17-7-11-19(27)12-8-17/h5-12H,1-4,13-15,26-27H2,(H,28,32,34). The fourth-order valence-corrected chi connectivity index (χ4v) is 5.21. The first-order valence-electron chi connectivity index (χ1n) is 11.6. The van der Waals surface area contributed by atoms with Crippen molar-refractivity contribution in [2.45, 2.75) is 44.9 Å². The van der Waals surface area contributed by atoms with Crippen LogP contribution in [-0.4, -0.2) is 32.1 Å². The molecule has 0 saturated heterocycles. The van der Waals surface area contributed by atoms with Crippen LogP contribution in [0, 0.1) is 0 Å². The second kappa shape index (κ2) is 12.3. The van der Waals surface area contributed by atoms with Gasteiger partial charge in [-0.25, -0.2) is 0 Å². The zero-order valence-corrected chi connectivity index (χ0v) is 21.3. The summed E-state index contributed by atoms with van der Waals surface area (Å²) in [7, 11) is 0. The number of benzene rings is 2. The van der Waals surface area contributed by atoms with Crippen molar-refractivity contribution in [3.05, 3.63) is 74.7 Å². The Morgan fingerprint density at radius 1 is 0.667 bits per heavy atom. The van der Waals surface area contributed by atoms with Crippen LogP contribution in [0.1, 0.15) is 39.0 Å². The molecule has 9 nitrogen and oxygen atoms in total. The van der Waals surface area contributed by atoms with Crippen molar-refractivity contribution in [2.24, 2.45) is 0 Å². The zero-order valence-electron chi connectivity index (χ0n) is 19.6. The van der Waals surface area contributed by atoms with Gasteiger partial charge in [0.05, 0.1) is 12.8 Å². The Hall–Kier alpha value is -3.70. The number of carbonyl (C=O) groups is 2. The predicted octanol–water partition coefficient (Wildman–Crippen LogP) is 3.65. The first-order valence-corrected chi connectivity index (χ1v) is 13.2. The fourth-order valence-electron chi connectivity index (χ4n) is 3.50. The number of nitrogens with two attached hydrogens (primary N) is 2. The highest BCUT2D eigenvalue weighted by atomic mass is 32.1. The maximum Gasteiger partial charge on any atom is 0.230 e. The average molecular weight is 522 g/mol. The van der Waals surface area contributed by atoms with E-state index in [0.717, 1.165) is 51.8 Å². The van der Waals surface area contributed by atoms with Crippen LogP contribution in [0.4, 0.5) is 16.5 Å². The van der Waals surface area contributed by atoms with Gasteiger partial charge in [0.1, 0.15) is 20.8 Å². The lowest BCUT2D eigenvalue weighted by atomic mass is 10.1. The summed E-state index contributed by atoms with van der Waals surface area (Å²) in [5.41, 5.74) is 14.5. The summed E-state index contributed by atoms with van der Waals surface area (Å²) >= 11 is 2.88. The smallest absolute Gasteiger partial charge is 0.230 e. The monoisotopic (exact) mass is 521 g/mol. The number of ketones is 1. The molecule has 0 aliphatic carbocycles. The third-order valence-electron chi connectivity index (χ3n) is 5.33. The molecule has 4 rings (SSSR count). The Labute approximate surface area is 217 Å². The van der Waals surface area contributed by atoms with Crippen LogP contribution < -0.4 is 16.8 Å². The van der Waals surface area contributed by atoms with E-state index in [4.69, 9.17) is 11.5 Å². The molecule has 2 aromatic carbocycles. The Morgan fingerprint density at radius 2 is 1.19 bits per heavy atom. The molecule has 0 fully saturated rings. The van der Waals surface area contributed by atoms with Crippen molar-refractivity contribution >= 4 is 50.9 Å². The molecular formula is C25H27N7O2S2. The van der Waals surface area contributed by atoms with Crippen LogP contribution in [0.3, 0.4) is 0 Å². The van der Waals surface area contributed by atoms with E-state index in [9.17, 15) is 9.59 Å². The van der Waals surface area contributed by atoms with Gasteiger partial charge < -0.3 is 16.8 Å². The third kappa shape index (κ3) is 7.92. The zero-order chi connectivity index (χ0) is 25.3. The summed E-state index contributed by atoms with van der Waals surface area (Å²) in [5, 5.41) is 22.5. The second-order valence-corrected chi connectivity index (χ2v) is 10.6. The van der Waals surface area contributed by atoms with Crippen molar-refractivity contribution in [2.75, 3.05) is 16.8 Å². The molecule has 0 atom stereocenters. The minimum atomic E-state index is -0.138. The molecule has 2 heterocycles.